The van der Waals surface area contributed by atoms with E-state index in [1.54, 1.807) is 51.6 Å². The highest BCUT2D eigenvalue weighted by Crippen LogP contribution is 2.36. The smallest absolute Gasteiger partial charge is 0.297 e. The number of anilines is 2. The molecule has 2 N–H and O–H groups in total. The molecule has 0 bridgehead atoms. The van der Waals surface area contributed by atoms with E-state index in [1.807, 2.05) is 16.7 Å². The summed E-state index contributed by atoms with van der Waals surface area (Å²) in [5.74, 6) is -0.222. The number of halogens is 2. The molecule has 0 saturated carbocycles. The number of methoxy groups -OCH3 is 2. The van der Waals surface area contributed by atoms with Crippen LogP contribution in [0.4, 0.5) is 11.5 Å². The van der Waals surface area contributed by atoms with Crippen molar-refractivity contribution in [3.05, 3.63) is 75.9 Å². The Labute approximate surface area is 269 Å². The third kappa shape index (κ3) is 8.29. The van der Waals surface area contributed by atoms with Crippen LogP contribution in [0.2, 0.25) is 10.0 Å². The fraction of sp³-hybridized carbons (Fsp3) is 0.258. The van der Waals surface area contributed by atoms with Gasteiger partial charge in [-0.2, -0.15) is 4.98 Å². The van der Waals surface area contributed by atoms with Gasteiger partial charge in [-0.05, 0) is 48.0 Å². The van der Waals surface area contributed by atoms with Crippen LogP contribution in [0.1, 0.15) is 18.1 Å². The maximum Gasteiger partial charge on any atom is 0.297 e. The van der Waals surface area contributed by atoms with Gasteiger partial charge in [0.25, 0.3) is 6.01 Å². The van der Waals surface area contributed by atoms with Gasteiger partial charge >= 0.3 is 0 Å². The Kier molecular flexibility index (Phi) is 11.4. The number of benzene rings is 2. The molecule has 2 aromatic carbocycles. The van der Waals surface area contributed by atoms with Crippen LogP contribution in [0.3, 0.4) is 0 Å². The highest BCUT2D eigenvalue weighted by molar-refractivity contribution is 6.38. The number of pyridine rings is 1. The molecule has 0 aliphatic rings. The average Bonchev–Trinajstić information content (AvgIpc) is 3.39. The van der Waals surface area contributed by atoms with E-state index in [4.69, 9.17) is 37.4 Å². The van der Waals surface area contributed by atoms with Gasteiger partial charge in [-0.15, -0.1) is 0 Å². The number of amides is 3. The maximum absolute atomic E-state index is 12.9. The number of hydrogen-bond donors (Lipinski definition) is 2. The molecule has 14 heteroatoms. The molecule has 0 radical (unpaired) electrons. The first-order valence-corrected chi connectivity index (χ1v) is 14.5. The van der Waals surface area contributed by atoms with Crippen molar-refractivity contribution < 1.29 is 28.6 Å². The van der Waals surface area contributed by atoms with Gasteiger partial charge in [0.1, 0.15) is 23.7 Å². The number of hydrogen-bond acceptors (Lipinski definition) is 8. The fourth-order valence-electron chi connectivity index (χ4n) is 4.30. The Hall–Kier alpha value is -4.65. The summed E-state index contributed by atoms with van der Waals surface area (Å²) in [6, 6.07) is 12.5. The van der Waals surface area contributed by atoms with Crippen LogP contribution in [-0.2, 0) is 32.3 Å². The predicted molar refractivity (Wildman–Crippen MR) is 173 cm³/mol. The van der Waals surface area contributed by atoms with E-state index in [0.29, 0.717) is 58.1 Å². The lowest BCUT2D eigenvalue weighted by atomic mass is 10.2. The van der Waals surface area contributed by atoms with E-state index in [9.17, 15) is 14.4 Å². The minimum Gasteiger partial charge on any atom is -0.486 e. The van der Waals surface area contributed by atoms with E-state index in [-0.39, 0.29) is 24.1 Å². The molecule has 2 aromatic heterocycles. The molecule has 4 aromatic rings. The van der Waals surface area contributed by atoms with Crippen LogP contribution >= 0.6 is 23.2 Å². The number of nitrogens with one attached hydrogen (secondary N) is 2. The van der Waals surface area contributed by atoms with E-state index < -0.39 is 11.8 Å². The van der Waals surface area contributed by atoms with Gasteiger partial charge in [0.05, 0.1) is 43.0 Å². The standard InChI is InChI=1S/C31H32Cl2N6O6/c1-19(40)36-26-12-8-20(16-34-26)9-13-27(41)35-17-28(42)38(2)23-11-10-22(32)21(29(23)33)18-45-25-7-5-6-24-30(25)37-31(44-4)39(24)14-15-43-3/h5-13,16H,14-15,17-18H2,1-4H3,(H,35,41)(H,34,36,40)/b13-9+. The van der Waals surface area contributed by atoms with E-state index >= 15 is 0 Å². The summed E-state index contributed by atoms with van der Waals surface area (Å²) < 4.78 is 18.7. The summed E-state index contributed by atoms with van der Waals surface area (Å²) in [6.45, 7) is 2.13. The first kappa shape index (κ1) is 33.2. The topological polar surface area (TPSA) is 137 Å². The molecule has 4 rings (SSSR count). The number of aromatic nitrogens is 3. The number of carbonyl (C=O) groups is 3. The van der Waals surface area contributed by atoms with Crippen LogP contribution in [0.25, 0.3) is 17.1 Å². The largest absolute Gasteiger partial charge is 0.486 e. The minimum atomic E-state index is -0.477. The Morgan fingerprint density at radius 3 is 2.58 bits per heavy atom. The van der Waals surface area contributed by atoms with Crippen molar-refractivity contribution in [1.29, 1.82) is 0 Å². The normalized spacial score (nSPS) is 11.1. The summed E-state index contributed by atoms with van der Waals surface area (Å²) in [4.78, 5) is 46.4. The molecule has 0 spiro atoms. The molecule has 0 fully saturated rings. The number of ether oxygens (including phenoxy) is 3. The highest BCUT2D eigenvalue weighted by atomic mass is 35.5. The Balaban J connectivity index is 1.41. The van der Waals surface area contributed by atoms with Gasteiger partial charge in [-0.1, -0.05) is 29.3 Å². The van der Waals surface area contributed by atoms with E-state index in [2.05, 4.69) is 20.6 Å². The molecule has 12 nitrogen and oxygen atoms in total. The van der Waals surface area contributed by atoms with Crippen molar-refractivity contribution in [1.82, 2.24) is 19.9 Å². The molecule has 3 amide bonds. The molecule has 2 heterocycles. The molecule has 236 valence electrons. The summed E-state index contributed by atoms with van der Waals surface area (Å²) in [5, 5.41) is 5.71. The van der Waals surface area contributed by atoms with Crippen LogP contribution in [-0.4, -0.2) is 66.7 Å². The van der Waals surface area contributed by atoms with E-state index in [1.165, 1.54) is 30.2 Å². The van der Waals surface area contributed by atoms with Crippen molar-refractivity contribution in [3.63, 3.8) is 0 Å². The summed E-state index contributed by atoms with van der Waals surface area (Å²) in [6.07, 6.45) is 4.32. The van der Waals surface area contributed by atoms with Crippen molar-refractivity contribution >= 4 is 69.5 Å². The monoisotopic (exact) mass is 654 g/mol. The lowest BCUT2D eigenvalue weighted by Gasteiger charge is -2.21. The van der Waals surface area contributed by atoms with Crippen LogP contribution in [0, 0.1) is 0 Å². The lowest BCUT2D eigenvalue weighted by Crippen LogP contribution is -2.37. The zero-order valence-electron chi connectivity index (χ0n) is 25.1. The number of nitrogens with zero attached hydrogens (tertiary/aromatic N) is 4. The number of rotatable bonds is 13. The molecule has 0 atom stereocenters. The van der Waals surface area contributed by atoms with Gasteiger partial charge in [0.15, 0.2) is 0 Å². The second-order valence-electron chi connectivity index (χ2n) is 9.68. The van der Waals surface area contributed by atoms with Crippen molar-refractivity contribution in [2.45, 2.75) is 20.1 Å². The quantitative estimate of drug-likeness (QED) is 0.198. The second-order valence-corrected chi connectivity index (χ2v) is 10.5. The van der Waals surface area contributed by atoms with Gasteiger partial charge < -0.3 is 29.7 Å². The molecule has 0 aliphatic heterocycles. The van der Waals surface area contributed by atoms with Crippen LogP contribution < -0.4 is 25.0 Å². The zero-order valence-corrected chi connectivity index (χ0v) is 26.6. The Morgan fingerprint density at radius 1 is 1.09 bits per heavy atom. The Bertz CT molecular complexity index is 1720. The Morgan fingerprint density at radius 2 is 1.89 bits per heavy atom. The second kappa shape index (κ2) is 15.4. The van der Waals surface area contributed by atoms with Gasteiger partial charge in [0.2, 0.25) is 17.7 Å². The third-order valence-electron chi connectivity index (χ3n) is 6.61. The summed E-state index contributed by atoms with van der Waals surface area (Å²) in [5.41, 5.74) is 2.92. The molecule has 0 aliphatic carbocycles. The maximum atomic E-state index is 12.9. The van der Waals surface area contributed by atoms with E-state index in [0.717, 1.165) is 5.52 Å². The van der Waals surface area contributed by atoms with Gasteiger partial charge in [-0.25, -0.2) is 4.98 Å². The number of para-hydroxylation sites is 1. The molecular weight excluding hydrogens is 623 g/mol. The summed E-state index contributed by atoms with van der Waals surface area (Å²) in [7, 11) is 4.72. The lowest BCUT2D eigenvalue weighted by molar-refractivity contribution is -0.122. The van der Waals surface area contributed by atoms with Crippen molar-refractivity contribution in [2.75, 3.05) is 44.6 Å². The van der Waals surface area contributed by atoms with Gasteiger partial charge in [-0.3, -0.25) is 19.0 Å². The van der Waals surface area contributed by atoms with Crippen molar-refractivity contribution in [2.24, 2.45) is 0 Å². The predicted octanol–water partition coefficient (Wildman–Crippen LogP) is 4.72. The minimum absolute atomic E-state index is 0.00206. The number of likely N-dealkylation sites (N-methyl/N-ethyl adjacent to an activating group) is 1. The first-order valence-electron chi connectivity index (χ1n) is 13.7. The third-order valence-corrected chi connectivity index (χ3v) is 7.39. The molecule has 0 saturated heterocycles. The SMILES string of the molecule is COCCn1c(OC)nc2c(OCc3c(Cl)ccc(N(C)C(=O)CNC(=O)/C=C/c4ccc(NC(C)=O)nc4)c3Cl)cccc21. The van der Waals surface area contributed by atoms with Crippen LogP contribution in [0.15, 0.2) is 54.7 Å². The fourth-order valence-corrected chi connectivity index (χ4v) is 4.91. The zero-order chi connectivity index (χ0) is 32.5. The van der Waals surface area contributed by atoms with Crippen LogP contribution in [0.5, 0.6) is 11.8 Å². The molecule has 45 heavy (non-hydrogen) atoms. The highest BCUT2D eigenvalue weighted by Gasteiger charge is 2.20. The number of imidazole rings is 1. The number of carbonyl (C=O) groups excluding carboxylic acids is 3. The number of fused-ring (bicyclic) bond motifs is 1. The van der Waals surface area contributed by atoms with Gasteiger partial charge in [0, 0.05) is 43.9 Å². The molecule has 0 unspecified atom stereocenters. The molecular formula is C31H32Cl2N6O6. The average molecular weight is 656 g/mol. The summed E-state index contributed by atoms with van der Waals surface area (Å²) >= 11 is 13.2. The van der Waals surface area contributed by atoms with Crippen molar-refractivity contribution in [3.8, 4) is 11.8 Å². The first-order chi connectivity index (χ1) is 21.6.